The maximum Gasteiger partial charge on any atom is 0.404 e. The first kappa shape index (κ1) is 25.5. The van der Waals surface area contributed by atoms with Gasteiger partial charge < -0.3 is 15.2 Å². The Labute approximate surface area is 204 Å². The van der Waals surface area contributed by atoms with E-state index in [9.17, 15) is 21.6 Å². The molecule has 2 aliphatic heterocycles. The SMILES string of the molecule is O=C(O)NCc1ccnc(S(=O)(=O)CC2CC(c3ccccc3)CN2S(=O)(=O)N2CCOCC2)c1. The van der Waals surface area contributed by atoms with Crippen LogP contribution >= 0.6 is 0 Å². The van der Waals surface area contributed by atoms with Crippen molar-refractivity contribution in [2.24, 2.45) is 0 Å². The standard InChI is InChI=1S/C22H28N4O7S2/c27-22(28)24-14-17-6-7-23-21(12-17)34(29,30)16-20-13-19(18-4-2-1-3-5-18)15-26(20)35(31,32)25-8-10-33-11-9-25/h1-7,12,19-20,24H,8-11,13-16H2,(H,27,28). The molecule has 3 heterocycles. The number of amides is 1. The van der Waals surface area contributed by atoms with Gasteiger partial charge in [-0.15, -0.1) is 0 Å². The number of benzene rings is 1. The van der Waals surface area contributed by atoms with E-state index in [2.05, 4.69) is 10.3 Å². The third-order valence-corrected chi connectivity index (χ3v) is 9.94. The van der Waals surface area contributed by atoms with Crippen LogP contribution in [-0.2, 0) is 31.3 Å². The number of aromatic nitrogens is 1. The normalized spacial score (nSPS) is 22.2. The minimum absolute atomic E-state index is 0.0720. The summed E-state index contributed by atoms with van der Waals surface area (Å²) in [6.07, 6.45) is 0.427. The first-order valence-corrected chi connectivity index (χ1v) is 14.3. The van der Waals surface area contributed by atoms with Crippen LogP contribution in [0.3, 0.4) is 0 Å². The van der Waals surface area contributed by atoms with Crippen LogP contribution < -0.4 is 5.32 Å². The molecule has 0 aliphatic carbocycles. The molecule has 4 rings (SSSR count). The van der Waals surface area contributed by atoms with Crippen molar-refractivity contribution in [2.45, 2.75) is 30.0 Å². The quantitative estimate of drug-likeness (QED) is 0.521. The van der Waals surface area contributed by atoms with E-state index in [0.29, 0.717) is 25.2 Å². The van der Waals surface area contributed by atoms with Gasteiger partial charge in [0.1, 0.15) is 0 Å². The summed E-state index contributed by atoms with van der Waals surface area (Å²) in [5.41, 5.74) is 1.39. The summed E-state index contributed by atoms with van der Waals surface area (Å²) >= 11 is 0. The molecule has 2 aliphatic rings. The number of rotatable bonds is 8. The second kappa shape index (κ2) is 10.6. The number of nitrogens with zero attached hydrogens (tertiary/aromatic N) is 3. The van der Waals surface area contributed by atoms with Crippen LogP contribution in [-0.4, -0.2) is 86.3 Å². The summed E-state index contributed by atoms with van der Waals surface area (Å²) in [5, 5.41) is 10.8. The molecule has 190 valence electrons. The van der Waals surface area contributed by atoms with Crippen LogP contribution in [0.4, 0.5) is 4.79 Å². The lowest BCUT2D eigenvalue weighted by Crippen LogP contribution is -2.51. The fourth-order valence-corrected chi connectivity index (χ4v) is 7.91. The predicted octanol–water partition coefficient (Wildman–Crippen LogP) is 1.06. The number of pyridine rings is 1. The highest BCUT2D eigenvalue weighted by Crippen LogP contribution is 2.36. The zero-order valence-electron chi connectivity index (χ0n) is 19.0. The fourth-order valence-electron chi connectivity index (χ4n) is 4.46. The Kier molecular flexibility index (Phi) is 7.71. The molecule has 0 radical (unpaired) electrons. The number of hydrogen-bond donors (Lipinski definition) is 2. The van der Waals surface area contributed by atoms with Gasteiger partial charge in [-0.2, -0.15) is 17.0 Å². The molecular formula is C22H28N4O7S2. The van der Waals surface area contributed by atoms with Gasteiger partial charge in [0.05, 0.1) is 19.0 Å². The third-order valence-electron chi connectivity index (χ3n) is 6.20. The van der Waals surface area contributed by atoms with Gasteiger partial charge in [-0.25, -0.2) is 18.2 Å². The topological polar surface area (TPSA) is 146 Å². The Morgan fingerprint density at radius 2 is 1.83 bits per heavy atom. The lowest BCUT2D eigenvalue weighted by Gasteiger charge is -2.32. The van der Waals surface area contributed by atoms with E-state index in [0.717, 1.165) is 5.56 Å². The number of morpholine rings is 1. The van der Waals surface area contributed by atoms with Crippen LogP contribution in [0.2, 0.25) is 0 Å². The maximum absolute atomic E-state index is 13.5. The van der Waals surface area contributed by atoms with Crippen molar-refractivity contribution in [2.75, 3.05) is 38.6 Å². The molecule has 2 fully saturated rings. The molecule has 0 saturated carbocycles. The summed E-state index contributed by atoms with van der Waals surface area (Å²) in [7, 11) is -7.88. The van der Waals surface area contributed by atoms with Gasteiger partial charge >= 0.3 is 6.09 Å². The van der Waals surface area contributed by atoms with Crippen LogP contribution in [0.1, 0.15) is 23.5 Å². The highest BCUT2D eigenvalue weighted by atomic mass is 32.2. The molecule has 1 aromatic carbocycles. The second-order valence-electron chi connectivity index (χ2n) is 8.53. The Bertz CT molecular complexity index is 1250. The highest BCUT2D eigenvalue weighted by molar-refractivity contribution is 7.91. The summed E-state index contributed by atoms with van der Waals surface area (Å²) < 4.78 is 61.6. The lowest BCUT2D eigenvalue weighted by molar-refractivity contribution is 0.0700. The average Bonchev–Trinajstić information content (AvgIpc) is 3.28. The monoisotopic (exact) mass is 524 g/mol. The Hall–Kier alpha value is -2.58. The van der Waals surface area contributed by atoms with E-state index in [1.165, 1.54) is 26.9 Å². The van der Waals surface area contributed by atoms with E-state index in [4.69, 9.17) is 9.84 Å². The van der Waals surface area contributed by atoms with E-state index < -0.39 is 37.9 Å². The minimum Gasteiger partial charge on any atom is -0.465 e. The molecule has 35 heavy (non-hydrogen) atoms. The van der Waals surface area contributed by atoms with Gasteiger partial charge in [0.2, 0.25) is 0 Å². The number of ether oxygens (including phenoxy) is 1. The Morgan fingerprint density at radius 3 is 2.51 bits per heavy atom. The zero-order chi connectivity index (χ0) is 25.1. The molecule has 0 bridgehead atoms. The fraction of sp³-hybridized carbons (Fsp3) is 0.455. The second-order valence-corrected chi connectivity index (χ2v) is 12.4. The van der Waals surface area contributed by atoms with Crippen LogP contribution in [0.15, 0.2) is 53.7 Å². The van der Waals surface area contributed by atoms with E-state index in [-0.39, 0.29) is 37.1 Å². The molecule has 2 unspecified atom stereocenters. The van der Waals surface area contributed by atoms with Crippen molar-refractivity contribution in [3.63, 3.8) is 0 Å². The minimum atomic E-state index is -3.97. The van der Waals surface area contributed by atoms with Crippen LogP contribution in [0.5, 0.6) is 0 Å². The third kappa shape index (κ3) is 5.98. The smallest absolute Gasteiger partial charge is 0.404 e. The predicted molar refractivity (Wildman–Crippen MR) is 127 cm³/mol. The Morgan fingerprint density at radius 1 is 1.11 bits per heavy atom. The van der Waals surface area contributed by atoms with E-state index in [1.807, 2.05) is 30.3 Å². The summed E-state index contributed by atoms with van der Waals surface area (Å²) in [6, 6.07) is 11.5. The Balaban J connectivity index is 1.61. The number of sulfone groups is 1. The molecule has 0 spiro atoms. The molecule has 11 nitrogen and oxygen atoms in total. The first-order chi connectivity index (χ1) is 16.7. The number of hydrogen-bond acceptors (Lipinski definition) is 7. The summed E-state index contributed by atoms with van der Waals surface area (Å²) in [6.45, 7) is 1.12. The maximum atomic E-state index is 13.5. The molecule has 2 N–H and O–H groups in total. The zero-order valence-corrected chi connectivity index (χ0v) is 20.6. The molecule has 2 saturated heterocycles. The molecule has 1 amide bonds. The van der Waals surface area contributed by atoms with Gasteiger partial charge in [0.25, 0.3) is 10.2 Å². The van der Waals surface area contributed by atoms with Crippen LogP contribution in [0, 0.1) is 0 Å². The number of carbonyl (C=O) groups is 1. The van der Waals surface area contributed by atoms with E-state index >= 15 is 0 Å². The highest BCUT2D eigenvalue weighted by Gasteiger charge is 2.45. The summed E-state index contributed by atoms with van der Waals surface area (Å²) in [5.74, 6) is -0.575. The molecular weight excluding hydrogens is 496 g/mol. The van der Waals surface area contributed by atoms with Gasteiger partial charge in [-0.1, -0.05) is 30.3 Å². The van der Waals surface area contributed by atoms with Crippen molar-refractivity contribution in [3.05, 3.63) is 59.8 Å². The first-order valence-electron chi connectivity index (χ1n) is 11.2. The summed E-state index contributed by atoms with van der Waals surface area (Å²) in [4.78, 5) is 14.8. The molecule has 1 aromatic heterocycles. The van der Waals surface area contributed by atoms with Crippen molar-refractivity contribution in [1.29, 1.82) is 0 Å². The number of carboxylic acid groups (broad SMARTS) is 1. The molecule has 2 aromatic rings. The van der Waals surface area contributed by atoms with Gasteiger partial charge in [0.15, 0.2) is 14.9 Å². The van der Waals surface area contributed by atoms with Gasteiger partial charge in [-0.05, 0) is 35.6 Å². The van der Waals surface area contributed by atoms with Crippen molar-refractivity contribution < 1.29 is 31.5 Å². The van der Waals surface area contributed by atoms with Crippen molar-refractivity contribution >= 4 is 26.1 Å². The van der Waals surface area contributed by atoms with Crippen molar-refractivity contribution in [3.8, 4) is 0 Å². The lowest BCUT2D eigenvalue weighted by atomic mass is 9.97. The largest absolute Gasteiger partial charge is 0.465 e. The molecule has 2 atom stereocenters. The average molecular weight is 525 g/mol. The van der Waals surface area contributed by atoms with Gasteiger partial charge in [0, 0.05) is 38.4 Å². The van der Waals surface area contributed by atoms with Crippen molar-refractivity contribution in [1.82, 2.24) is 18.9 Å². The number of nitrogens with one attached hydrogen (secondary N) is 1. The van der Waals surface area contributed by atoms with Crippen LogP contribution in [0.25, 0.3) is 0 Å². The molecule has 13 heteroatoms. The van der Waals surface area contributed by atoms with E-state index in [1.54, 1.807) is 0 Å². The van der Waals surface area contributed by atoms with Gasteiger partial charge in [-0.3, -0.25) is 0 Å².